The molecule has 0 atom stereocenters. The van der Waals surface area contributed by atoms with Gasteiger partial charge in [-0.15, -0.1) is 0 Å². The molecular formula is C15H20N4O. The van der Waals surface area contributed by atoms with Crippen LogP contribution in [0.2, 0.25) is 0 Å². The molecule has 0 spiro atoms. The van der Waals surface area contributed by atoms with Gasteiger partial charge in [-0.3, -0.25) is 14.9 Å². The summed E-state index contributed by atoms with van der Waals surface area (Å²) in [6.07, 6.45) is 6.63. The second-order valence-electron chi connectivity index (χ2n) is 4.79. The summed E-state index contributed by atoms with van der Waals surface area (Å²) in [6, 6.07) is 5.75. The molecular weight excluding hydrogens is 252 g/mol. The van der Waals surface area contributed by atoms with Crippen molar-refractivity contribution < 1.29 is 4.79 Å². The first-order valence-electron chi connectivity index (χ1n) is 6.91. The fraction of sp³-hybridized carbons (Fsp3) is 0.400. The van der Waals surface area contributed by atoms with Crippen LogP contribution in [-0.4, -0.2) is 27.6 Å². The number of aryl methyl sites for hydroxylation is 3. The van der Waals surface area contributed by atoms with Crippen LogP contribution in [0.4, 0.5) is 0 Å². The van der Waals surface area contributed by atoms with Crippen molar-refractivity contribution in [3.8, 4) is 0 Å². The Balaban J connectivity index is 1.60. The van der Waals surface area contributed by atoms with Crippen LogP contribution in [0.5, 0.6) is 0 Å². The van der Waals surface area contributed by atoms with Crippen LogP contribution in [0.25, 0.3) is 0 Å². The second kappa shape index (κ2) is 7.43. The highest BCUT2D eigenvalue weighted by Gasteiger charge is 2.03. The van der Waals surface area contributed by atoms with Gasteiger partial charge in [0.1, 0.15) is 0 Å². The quantitative estimate of drug-likeness (QED) is 0.755. The standard InChI is InChI=1S/C15H20N4O/c1-12-13(11-18-19-12)5-4-10-17-15(20)8-7-14-6-2-3-9-16-14/h2-3,6,9,11H,4-5,7-8,10H2,1H3,(H,17,20)(H,18,19). The van der Waals surface area contributed by atoms with E-state index in [-0.39, 0.29) is 5.91 Å². The molecule has 2 N–H and O–H groups in total. The van der Waals surface area contributed by atoms with Gasteiger partial charge in [-0.2, -0.15) is 5.10 Å². The molecule has 106 valence electrons. The minimum absolute atomic E-state index is 0.0829. The maximum atomic E-state index is 11.7. The number of amides is 1. The molecule has 2 aromatic heterocycles. The lowest BCUT2D eigenvalue weighted by Crippen LogP contribution is -2.25. The third-order valence-electron chi connectivity index (χ3n) is 3.21. The van der Waals surface area contributed by atoms with Crippen LogP contribution in [0, 0.1) is 6.92 Å². The Hall–Kier alpha value is -2.17. The number of carbonyl (C=O) groups is 1. The second-order valence-corrected chi connectivity index (χ2v) is 4.79. The first-order valence-corrected chi connectivity index (χ1v) is 6.91. The predicted molar refractivity (Wildman–Crippen MR) is 77.2 cm³/mol. The van der Waals surface area contributed by atoms with Gasteiger partial charge in [-0.25, -0.2) is 0 Å². The number of hydrogen-bond acceptors (Lipinski definition) is 3. The van der Waals surface area contributed by atoms with Gasteiger partial charge in [0.2, 0.25) is 5.91 Å². The van der Waals surface area contributed by atoms with E-state index in [1.165, 1.54) is 5.56 Å². The molecule has 0 saturated heterocycles. The Morgan fingerprint density at radius 1 is 1.35 bits per heavy atom. The Kier molecular flexibility index (Phi) is 5.29. The van der Waals surface area contributed by atoms with Crippen LogP contribution >= 0.6 is 0 Å². The summed E-state index contributed by atoms with van der Waals surface area (Å²) in [5.74, 6) is 0.0829. The van der Waals surface area contributed by atoms with Gasteiger partial charge in [0.05, 0.1) is 6.20 Å². The number of nitrogens with zero attached hydrogens (tertiary/aromatic N) is 2. The minimum Gasteiger partial charge on any atom is -0.356 e. The highest BCUT2D eigenvalue weighted by molar-refractivity contribution is 5.76. The molecule has 0 radical (unpaired) electrons. The number of aromatic amines is 1. The molecule has 0 fully saturated rings. The summed E-state index contributed by atoms with van der Waals surface area (Å²) in [6.45, 7) is 2.71. The topological polar surface area (TPSA) is 70.7 Å². The SMILES string of the molecule is Cc1[nH]ncc1CCCNC(=O)CCc1ccccn1. The van der Waals surface area contributed by atoms with E-state index in [1.54, 1.807) is 6.20 Å². The summed E-state index contributed by atoms with van der Waals surface area (Å²) in [7, 11) is 0. The van der Waals surface area contributed by atoms with E-state index in [2.05, 4.69) is 20.5 Å². The summed E-state index contributed by atoms with van der Waals surface area (Å²) in [4.78, 5) is 15.9. The van der Waals surface area contributed by atoms with E-state index in [9.17, 15) is 4.79 Å². The summed E-state index contributed by atoms with van der Waals surface area (Å²) in [5.41, 5.74) is 3.27. The number of aromatic nitrogens is 3. The zero-order chi connectivity index (χ0) is 14.2. The van der Waals surface area contributed by atoms with Gasteiger partial charge in [0.25, 0.3) is 0 Å². The molecule has 2 heterocycles. The lowest BCUT2D eigenvalue weighted by Gasteiger charge is -2.05. The van der Waals surface area contributed by atoms with Crippen molar-refractivity contribution in [1.82, 2.24) is 20.5 Å². The van der Waals surface area contributed by atoms with Gasteiger partial charge in [0, 0.05) is 30.6 Å². The minimum atomic E-state index is 0.0829. The average molecular weight is 272 g/mol. The molecule has 5 heteroatoms. The van der Waals surface area contributed by atoms with Crippen molar-refractivity contribution in [3.05, 3.63) is 47.5 Å². The smallest absolute Gasteiger partial charge is 0.220 e. The van der Waals surface area contributed by atoms with Crippen LogP contribution in [-0.2, 0) is 17.6 Å². The molecule has 5 nitrogen and oxygen atoms in total. The number of hydrogen-bond donors (Lipinski definition) is 2. The average Bonchev–Trinajstić information content (AvgIpc) is 2.88. The van der Waals surface area contributed by atoms with Gasteiger partial charge in [-0.1, -0.05) is 6.07 Å². The lowest BCUT2D eigenvalue weighted by atomic mass is 10.1. The molecule has 2 aromatic rings. The summed E-state index contributed by atoms with van der Waals surface area (Å²) < 4.78 is 0. The van der Waals surface area contributed by atoms with Gasteiger partial charge in [0.15, 0.2) is 0 Å². The summed E-state index contributed by atoms with van der Waals surface area (Å²) in [5, 5.41) is 9.83. The third-order valence-corrected chi connectivity index (χ3v) is 3.21. The van der Waals surface area contributed by atoms with Crippen LogP contribution in [0.3, 0.4) is 0 Å². The molecule has 0 saturated carbocycles. The molecule has 0 bridgehead atoms. The van der Waals surface area contributed by atoms with E-state index in [0.717, 1.165) is 24.2 Å². The Bertz CT molecular complexity index is 536. The Morgan fingerprint density at radius 3 is 2.95 bits per heavy atom. The number of H-pyrrole nitrogens is 1. The Morgan fingerprint density at radius 2 is 2.25 bits per heavy atom. The van der Waals surface area contributed by atoms with Crippen molar-refractivity contribution in [2.75, 3.05) is 6.54 Å². The Labute approximate surface area is 118 Å². The van der Waals surface area contributed by atoms with E-state index in [1.807, 2.05) is 31.3 Å². The van der Waals surface area contributed by atoms with Gasteiger partial charge in [-0.05, 0) is 43.9 Å². The van der Waals surface area contributed by atoms with E-state index in [0.29, 0.717) is 19.4 Å². The largest absolute Gasteiger partial charge is 0.356 e. The first-order chi connectivity index (χ1) is 9.75. The molecule has 0 aliphatic carbocycles. The lowest BCUT2D eigenvalue weighted by molar-refractivity contribution is -0.121. The summed E-state index contributed by atoms with van der Waals surface area (Å²) >= 11 is 0. The van der Waals surface area contributed by atoms with Crippen molar-refractivity contribution in [1.29, 1.82) is 0 Å². The fourth-order valence-electron chi connectivity index (χ4n) is 2.01. The zero-order valence-electron chi connectivity index (χ0n) is 11.7. The molecule has 2 rings (SSSR count). The van der Waals surface area contributed by atoms with Crippen LogP contribution in [0.1, 0.15) is 29.8 Å². The zero-order valence-corrected chi connectivity index (χ0v) is 11.7. The van der Waals surface area contributed by atoms with Gasteiger partial charge >= 0.3 is 0 Å². The maximum Gasteiger partial charge on any atom is 0.220 e. The number of nitrogens with one attached hydrogen (secondary N) is 2. The maximum absolute atomic E-state index is 11.7. The van der Waals surface area contributed by atoms with E-state index < -0.39 is 0 Å². The van der Waals surface area contributed by atoms with E-state index in [4.69, 9.17) is 0 Å². The molecule has 1 amide bonds. The molecule has 20 heavy (non-hydrogen) atoms. The molecule has 0 aromatic carbocycles. The number of rotatable bonds is 7. The molecule has 0 aliphatic rings. The van der Waals surface area contributed by atoms with Crippen molar-refractivity contribution >= 4 is 5.91 Å². The number of pyridine rings is 1. The monoisotopic (exact) mass is 272 g/mol. The third kappa shape index (κ3) is 4.50. The predicted octanol–water partition coefficient (Wildman–Crippen LogP) is 1.79. The highest BCUT2D eigenvalue weighted by atomic mass is 16.1. The first kappa shape index (κ1) is 14.2. The van der Waals surface area contributed by atoms with Crippen molar-refractivity contribution in [3.63, 3.8) is 0 Å². The van der Waals surface area contributed by atoms with E-state index >= 15 is 0 Å². The molecule has 0 aliphatic heterocycles. The van der Waals surface area contributed by atoms with Crippen molar-refractivity contribution in [2.45, 2.75) is 32.6 Å². The number of carbonyl (C=O) groups excluding carboxylic acids is 1. The van der Waals surface area contributed by atoms with Gasteiger partial charge < -0.3 is 5.32 Å². The van der Waals surface area contributed by atoms with Crippen LogP contribution < -0.4 is 5.32 Å². The normalized spacial score (nSPS) is 10.4. The highest BCUT2D eigenvalue weighted by Crippen LogP contribution is 2.05. The van der Waals surface area contributed by atoms with Crippen molar-refractivity contribution in [2.24, 2.45) is 0 Å². The molecule has 0 unspecified atom stereocenters. The van der Waals surface area contributed by atoms with Crippen LogP contribution in [0.15, 0.2) is 30.6 Å². The fourth-order valence-corrected chi connectivity index (χ4v) is 2.01.